The summed E-state index contributed by atoms with van der Waals surface area (Å²) in [5.74, 6) is 0. The molecule has 46 heavy (non-hydrogen) atoms. The van der Waals surface area contributed by atoms with Crippen LogP contribution in [0.15, 0.2) is 145 Å². The number of hydrogen-bond acceptors (Lipinski definition) is 0. The second kappa shape index (κ2) is 10.8. The third-order valence-corrected chi connectivity index (χ3v) is 9.64. The zero-order valence-electron chi connectivity index (χ0n) is 39.3. The molecular formula is C46H40. The topological polar surface area (TPSA) is 0 Å². The molecule has 0 aromatic heterocycles. The molecule has 1 aliphatic carbocycles. The first-order valence-electron chi connectivity index (χ1n) is 22.1. The molecule has 0 radical (unpaired) electrons. The number of rotatable bonds is 4. The normalized spacial score (nSPS) is 19.1. The molecular weight excluding hydrogens is 553 g/mol. The third-order valence-electron chi connectivity index (χ3n) is 9.64. The van der Waals surface area contributed by atoms with Gasteiger partial charge in [0.2, 0.25) is 0 Å². The summed E-state index contributed by atoms with van der Waals surface area (Å²) in [5.41, 5.74) is 4.20. The van der Waals surface area contributed by atoms with Gasteiger partial charge in [0.15, 0.2) is 0 Å². The van der Waals surface area contributed by atoms with Gasteiger partial charge in [-0.1, -0.05) is 167 Å². The lowest BCUT2D eigenvalue weighted by atomic mass is 9.60. The minimum atomic E-state index is -0.552. The SMILES string of the molecule is [2H]c1c([2H])c([2H])c(-c2cccc(-c3c4c([2H])c([2H])c([2H])c([2H])c4c(-c4c(-c5ccccc5)ccc5c4C(C)(C)CCC5(C)C)c4c([2H])c([2H])c([2H])c([2H])c34)c2)c([2H])c1[2H]. The first-order valence-corrected chi connectivity index (χ1v) is 15.6. The van der Waals surface area contributed by atoms with Crippen LogP contribution in [0.3, 0.4) is 0 Å². The van der Waals surface area contributed by atoms with Crippen LogP contribution in [0.25, 0.3) is 66.1 Å². The molecule has 7 aromatic carbocycles. The number of fused-ring (bicyclic) bond motifs is 3. The van der Waals surface area contributed by atoms with Crippen molar-refractivity contribution in [3.8, 4) is 44.5 Å². The number of benzene rings is 7. The first kappa shape index (κ1) is 17.7. The van der Waals surface area contributed by atoms with Gasteiger partial charge in [-0.15, -0.1) is 0 Å². The Morgan fingerprint density at radius 2 is 1.00 bits per heavy atom. The van der Waals surface area contributed by atoms with Crippen molar-refractivity contribution >= 4 is 21.5 Å². The molecule has 0 atom stereocenters. The van der Waals surface area contributed by atoms with E-state index in [-0.39, 0.29) is 66.9 Å². The van der Waals surface area contributed by atoms with Crippen molar-refractivity contribution in [3.63, 3.8) is 0 Å². The molecule has 0 N–H and O–H groups in total. The summed E-state index contributed by atoms with van der Waals surface area (Å²) in [5, 5.41) is 0.237. The summed E-state index contributed by atoms with van der Waals surface area (Å²) in [6.07, 6.45) is 1.66. The van der Waals surface area contributed by atoms with E-state index in [2.05, 4.69) is 33.8 Å². The molecule has 0 amide bonds. The minimum absolute atomic E-state index is 0.0335. The Labute approximate surface area is 291 Å². The summed E-state index contributed by atoms with van der Waals surface area (Å²) in [6, 6.07) is 14.0. The van der Waals surface area contributed by atoms with Gasteiger partial charge in [-0.3, -0.25) is 0 Å². The van der Waals surface area contributed by atoms with E-state index in [1.807, 2.05) is 36.4 Å². The molecule has 0 heterocycles. The van der Waals surface area contributed by atoms with Crippen LogP contribution in [0, 0.1) is 0 Å². The monoisotopic (exact) mass is 605 g/mol. The maximum absolute atomic E-state index is 9.67. The molecule has 8 rings (SSSR count). The smallest absolute Gasteiger partial charge is 0.0622 e. The summed E-state index contributed by atoms with van der Waals surface area (Å²) >= 11 is 0. The van der Waals surface area contributed by atoms with Crippen molar-refractivity contribution in [1.82, 2.24) is 0 Å². The Hall–Kier alpha value is -4.94. The fourth-order valence-corrected chi connectivity index (χ4v) is 7.26. The molecule has 0 heteroatoms. The van der Waals surface area contributed by atoms with Gasteiger partial charge in [0.05, 0.1) is 17.8 Å². The van der Waals surface area contributed by atoms with E-state index in [0.717, 1.165) is 35.1 Å². The van der Waals surface area contributed by atoms with Gasteiger partial charge in [0, 0.05) is 0 Å². The van der Waals surface area contributed by atoms with Crippen molar-refractivity contribution in [2.24, 2.45) is 0 Å². The minimum Gasteiger partial charge on any atom is -0.0622 e. The Kier molecular flexibility index (Phi) is 4.17. The Morgan fingerprint density at radius 3 is 1.65 bits per heavy atom. The second-order valence-corrected chi connectivity index (χ2v) is 13.4. The Balaban J connectivity index is 1.68. The molecule has 0 bridgehead atoms. The molecule has 0 unspecified atom stereocenters. The molecule has 0 saturated heterocycles. The van der Waals surface area contributed by atoms with Crippen LogP contribution in [0.4, 0.5) is 0 Å². The molecule has 0 nitrogen and oxygen atoms in total. The standard InChI is InChI=1S/C46H40/c1-45(2)28-29-46(3,4)44-40(45)27-26-35(32-18-9-6-10-19-32)43(44)42-38-24-13-11-22-36(38)41(37-23-12-14-25-39(37)42)34-21-15-20-33(30-34)31-16-7-5-8-17-31/h5-27,30H,28-29H2,1-4H3/i5D,7D,8D,11D,12D,13D,14D,16D,17D,22D,23D,24D,25D. The third kappa shape index (κ3) is 4.59. The summed E-state index contributed by atoms with van der Waals surface area (Å²) in [4.78, 5) is 0. The van der Waals surface area contributed by atoms with Crippen molar-refractivity contribution in [2.75, 3.05) is 0 Å². The highest BCUT2D eigenvalue weighted by Gasteiger charge is 2.40. The van der Waals surface area contributed by atoms with E-state index >= 15 is 0 Å². The lowest BCUT2D eigenvalue weighted by Crippen LogP contribution is -2.34. The first-order chi connectivity index (χ1) is 27.7. The van der Waals surface area contributed by atoms with Crippen molar-refractivity contribution in [2.45, 2.75) is 51.4 Å². The van der Waals surface area contributed by atoms with Gasteiger partial charge in [0.1, 0.15) is 0 Å². The maximum atomic E-state index is 9.67. The zero-order chi connectivity index (χ0) is 42.8. The van der Waals surface area contributed by atoms with E-state index in [9.17, 15) is 5.48 Å². The molecule has 0 spiro atoms. The summed E-state index contributed by atoms with van der Waals surface area (Å²) < 4.78 is 117. The van der Waals surface area contributed by atoms with Crippen LogP contribution >= 0.6 is 0 Å². The van der Waals surface area contributed by atoms with Crippen molar-refractivity contribution in [3.05, 3.63) is 156 Å². The van der Waals surface area contributed by atoms with Gasteiger partial charge >= 0.3 is 0 Å². The van der Waals surface area contributed by atoms with Gasteiger partial charge in [-0.25, -0.2) is 0 Å². The van der Waals surface area contributed by atoms with E-state index in [0.29, 0.717) is 5.56 Å². The van der Waals surface area contributed by atoms with Gasteiger partial charge in [-0.05, 0) is 107 Å². The van der Waals surface area contributed by atoms with Crippen molar-refractivity contribution in [1.29, 1.82) is 0 Å². The fourth-order valence-electron chi connectivity index (χ4n) is 7.26. The van der Waals surface area contributed by atoms with Crippen molar-refractivity contribution < 1.29 is 17.8 Å². The van der Waals surface area contributed by atoms with E-state index in [1.165, 1.54) is 0 Å². The Morgan fingerprint density at radius 1 is 0.457 bits per heavy atom. The molecule has 0 saturated carbocycles. The van der Waals surface area contributed by atoms with Gasteiger partial charge in [0.25, 0.3) is 0 Å². The van der Waals surface area contributed by atoms with Crippen LogP contribution < -0.4 is 0 Å². The van der Waals surface area contributed by atoms with E-state index in [1.54, 1.807) is 24.3 Å². The average molecular weight is 606 g/mol. The largest absolute Gasteiger partial charge is 0.0629 e. The Bertz CT molecular complexity index is 2860. The zero-order valence-corrected chi connectivity index (χ0v) is 26.3. The van der Waals surface area contributed by atoms with Crippen LogP contribution in [0.1, 0.15) is 69.5 Å². The lowest BCUT2D eigenvalue weighted by Gasteiger charge is -2.44. The predicted molar refractivity (Wildman–Crippen MR) is 198 cm³/mol. The van der Waals surface area contributed by atoms with Gasteiger partial charge < -0.3 is 0 Å². The number of hydrogen-bond donors (Lipinski definition) is 0. The summed E-state index contributed by atoms with van der Waals surface area (Å²) in [7, 11) is 0. The highest BCUT2D eigenvalue weighted by atomic mass is 14.4. The fraction of sp³-hybridized carbons (Fsp3) is 0.174. The average Bonchev–Trinajstić information content (AvgIpc) is 3.22. The molecule has 1 aliphatic rings. The molecule has 0 fully saturated rings. The molecule has 224 valence electrons. The molecule has 0 aliphatic heterocycles. The quantitative estimate of drug-likeness (QED) is 0.175. The van der Waals surface area contributed by atoms with Crippen LogP contribution in [0.5, 0.6) is 0 Å². The maximum Gasteiger partial charge on any atom is 0.0629 e. The lowest BCUT2D eigenvalue weighted by molar-refractivity contribution is 0.333. The van der Waals surface area contributed by atoms with Gasteiger partial charge in [-0.2, -0.15) is 0 Å². The van der Waals surface area contributed by atoms with Crippen LogP contribution in [0.2, 0.25) is 0 Å². The highest BCUT2D eigenvalue weighted by Crippen LogP contribution is 2.55. The summed E-state index contributed by atoms with van der Waals surface area (Å²) in [6.45, 7) is 8.64. The van der Waals surface area contributed by atoms with Crippen LogP contribution in [-0.2, 0) is 10.8 Å². The predicted octanol–water partition coefficient (Wildman–Crippen LogP) is 13.0. The van der Waals surface area contributed by atoms with Crippen LogP contribution in [-0.4, -0.2) is 0 Å². The second-order valence-electron chi connectivity index (χ2n) is 13.4. The van der Waals surface area contributed by atoms with E-state index < -0.39 is 71.9 Å². The highest BCUT2D eigenvalue weighted by molar-refractivity contribution is 6.23. The van der Waals surface area contributed by atoms with E-state index in [4.69, 9.17) is 12.3 Å². The molecule has 7 aromatic rings.